The summed E-state index contributed by atoms with van der Waals surface area (Å²) in [6.45, 7) is 3.78. The molecule has 0 bridgehead atoms. The van der Waals surface area contributed by atoms with Crippen LogP contribution in [0.4, 0.5) is 18.9 Å². The van der Waals surface area contributed by atoms with E-state index in [4.69, 9.17) is 16.3 Å². The lowest BCUT2D eigenvalue weighted by Crippen LogP contribution is -2.52. The number of likely N-dealkylation sites (tertiary alicyclic amines) is 1. The molecule has 0 atom stereocenters. The van der Waals surface area contributed by atoms with Crippen LogP contribution in [0.15, 0.2) is 48.5 Å². The Morgan fingerprint density at radius 2 is 1.63 bits per heavy atom. The summed E-state index contributed by atoms with van der Waals surface area (Å²) in [6, 6.07) is 13.5. The molecule has 30 heavy (non-hydrogen) atoms. The van der Waals surface area contributed by atoms with Gasteiger partial charge in [-0.05, 0) is 62.1 Å². The minimum absolute atomic E-state index is 0.0943. The summed E-state index contributed by atoms with van der Waals surface area (Å²) in [5, 5.41) is 0.744. The van der Waals surface area contributed by atoms with E-state index in [1.54, 1.807) is 6.07 Å². The zero-order chi connectivity index (χ0) is 21.2. The Morgan fingerprint density at radius 3 is 2.33 bits per heavy atom. The SMILES string of the molecule is FC(F)(F)c1ccccc1OCCN1CCC2(CCCN2c2ccc(Cl)cc2)CC1. The summed E-state index contributed by atoms with van der Waals surface area (Å²) < 4.78 is 44.8. The summed E-state index contributed by atoms with van der Waals surface area (Å²) in [7, 11) is 0. The molecular formula is C23H26ClF3N2O. The van der Waals surface area contributed by atoms with Gasteiger partial charge in [-0.25, -0.2) is 0 Å². The molecule has 4 rings (SSSR count). The Balaban J connectivity index is 1.32. The van der Waals surface area contributed by atoms with E-state index in [0.29, 0.717) is 6.54 Å². The van der Waals surface area contributed by atoms with Crippen LogP contribution in [-0.2, 0) is 6.18 Å². The highest BCUT2D eigenvalue weighted by atomic mass is 35.5. The number of anilines is 1. The highest BCUT2D eigenvalue weighted by molar-refractivity contribution is 6.30. The van der Waals surface area contributed by atoms with Crippen LogP contribution in [-0.4, -0.2) is 43.2 Å². The van der Waals surface area contributed by atoms with Gasteiger partial charge in [-0.1, -0.05) is 23.7 Å². The molecule has 2 aliphatic heterocycles. The number of benzene rings is 2. The second-order valence-electron chi connectivity index (χ2n) is 8.14. The van der Waals surface area contributed by atoms with Crippen molar-refractivity contribution >= 4 is 17.3 Å². The fraction of sp³-hybridized carbons (Fsp3) is 0.478. The van der Waals surface area contributed by atoms with Gasteiger partial charge in [0.05, 0.1) is 5.56 Å². The number of hydrogen-bond acceptors (Lipinski definition) is 3. The van der Waals surface area contributed by atoms with Crippen LogP contribution in [0.1, 0.15) is 31.2 Å². The van der Waals surface area contributed by atoms with Gasteiger partial charge in [0, 0.05) is 42.4 Å². The molecule has 3 nitrogen and oxygen atoms in total. The third kappa shape index (κ3) is 4.54. The Bertz CT molecular complexity index is 848. The fourth-order valence-corrected chi connectivity index (χ4v) is 4.91. The number of piperidine rings is 1. The van der Waals surface area contributed by atoms with Crippen LogP contribution in [0.5, 0.6) is 5.75 Å². The molecule has 2 saturated heterocycles. The first kappa shape index (κ1) is 21.3. The molecule has 7 heteroatoms. The largest absolute Gasteiger partial charge is 0.492 e. The highest BCUT2D eigenvalue weighted by Gasteiger charge is 2.43. The molecule has 0 aliphatic carbocycles. The Labute approximate surface area is 180 Å². The van der Waals surface area contributed by atoms with Gasteiger partial charge in [-0.15, -0.1) is 0 Å². The number of alkyl halides is 3. The summed E-state index contributed by atoms with van der Waals surface area (Å²) in [5.41, 5.74) is 0.679. The normalized spacial score (nSPS) is 19.4. The number of nitrogens with zero attached hydrogens (tertiary/aromatic N) is 2. The van der Waals surface area contributed by atoms with Gasteiger partial charge in [-0.3, -0.25) is 4.90 Å². The van der Waals surface area contributed by atoms with Crippen molar-refractivity contribution in [1.82, 2.24) is 4.90 Å². The van der Waals surface area contributed by atoms with Crippen molar-refractivity contribution in [2.45, 2.75) is 37.4 Å². The lowest BCUT2D eigenvalue weighted by molar-refractivity contribution is -0.139. The molecule has 0 aromatic heterocycles. The van der Waals surface area contributed by atoms with Crippen LogP contribution >= 0.6 is 11.6 Å². The first-order chi connectivity index (χ1) is 14.4. The van der Waals surface area contributed by atoms with Crippen molar-refractivity contribution in [3.05, 3.63) is 59.1 Å². The summed E-state index contributed by atoms with van der Waals surface area (Å²) in [6.07, 6.45) is 0.0596. The van der Waals surface area contributed by atoms with Gasteiger partial charge < -0.3 is 9.64 Å². The standard InChI is InChI=1S/C23H26ClF3N2O/c24-18-6-8-19(9-7-18)29-13-3-10-22(29)11-14-28(15-12-22)16-17-30-21-5-2-1-4-20(21)23(25,26)27/h1-2,4-9H,3,10-17H2. The van der Waals surface area contributed by atoms with E-state index in [2.05, 4.69) is 21.9 Å². The van der Waals surface area contributed by atoms with Gasteiger partial charge in [0.1, 0.15) is 12.4 Å². The number of halogens is 4. The summed E-state index contributed by atoms with van der Waals surface area (Å²) >= 11 is 6.04. The second-order valence-corrected chi connectivity index (χ2v) is 8.58. The van der Waals surface area contributed by atoms with Gasteiger partial charge in [0.25, 0.3) is 0 Å². The van der Waals surface area contributed by atoms with Crippen LogP contribution < -0.4 is 9.64 Å². The van der Waals surface area contributed by atoms with Crippen LogP contribution in [0.2, 0.25) is 5.02 Å². The quantitative estimate of drug-likeness (QED) is 0.580. The van der Waals surface area contributed by atoms with Gasteiger partial charge in [0.2, 0.25) is 0 Å². The average molecular weight is 439 g/mol. The molecule has 0 radical (unpaired) electrons. The number of para-hydroxylation sites is 1. The molecule has 2 fully saturated rings. The fourth-order valence-electron chi connectivity index (χ4n) is 4.79. The van der Waals surface area contributed by atoms with Gasteiger partial charge in [0.15, 0.2) is 0 Å². The third-order valence-corrected chi connectivity index (χ3v) is 6.63. The maximum absolute atomic E-state index is 13.1. The summed E-state index contributed by atoms with van der Waals surface area (Å²) in [5.74, 6) is -0.0943. The Kier molecular flexibility index (Phi) is 6.16. The zero-order valence-corrected chi connectivity index (χ0v) is 17.6. The van der Waals surface area contributed by atoms with E-state index in [9.17, 15) is 13.2 Å². The number of hydrogen-bond donors (Lipinski definition) is 0. The monoisotopic (exact) mass is 438 g/mol. The van der Waals surface area contributed by atoms with Crippen molar-refractivity contribution in [2.24, 2.45) is 0 Å². The molecule has 0 N–H and O–H groups in total. The molecule has 2 aliphatic rings. The van der Waals surface area contributed by atoms with Crippen molar-refractivity contribution in [2.75, 3.05) is 37.7 Å². The second kappa shape index (κ2) is 8.67. The molecule has 2 aromatic carbocycles. The smallest absolute Gasteiger partial charge is 0.419 e. The topological polar surface area (TPSA) is 15.7 Å². The first-order valence-electron chi connectivity index (χ1n) is 10.4. The number of rotatable bonds is 5. The zero-order valence-electron chi connectivity index (χ0n) is 16.8. The van der Waals surface area contributed by atoms with Crippen molar-refractivity contribution in [3.63, 3.8) is 0 Å². The predicted molar refractivity (Wildman–Crippen MR) is 113 cm³/mol. The molecule has 0 unspecified atom stereocenters. The molecule has 162 valence electrons. The van der Waals surface area contributed by atoms with Crippen LogP contribution in [0, 0.1) is 0 Å². The molecule has 2 heterocycles. The highest BCUT2D eigenvalue weighted by Crippen LogP contribution is 2.41. The van der Waals surface area contributed by atoms with E-state index in [0.717, 1.165) is 43.6 Å². The minimum Gasteiger partial charge on any atom is -0.492 e. The lowest BCUT2D eigenvalue weighted by Gasteiger charge is -2.46. The maximum atomic E-state index is 13.1. The molecule has 0 amide bonds. The summed E-state index contributed by atoms with van der Waals surface area (Å²) in [4.78, 5) is 4.82. The van der Waals surface area contributed by atoms with Crippen molar-refractivity contribution in [1.29, 1.82) is 0 Å². The van der Waals surface area contributed by atoms with E-state index >= 15 is 0 Å². The van der Waals surface area contributed by atoms with E-state index < -0.39 is 11.7 Å². The molecule has 2 aromatic rings. The van der Waals surface area contributed by atoms with Gasteiger partial charge in [-0.2, -0.15) is 13.2 Å². The van der Waals surface area contributed by atoms with Crippen LogP contribution in [0.3, 0.4) is 0 Å². The molecular weight excluding hydrogens is 413 g/mol. The third-order valence-electron chi connectivity index (χ3n) is 6.38. The number of ether oxygens (including phenoxy) is 1. The Hall–Kier alpha value is -1.92. The molecule has 0 saturated carbocycles. The Morgan fingerprint density at radius 1 is 0.933 bits per heavy atom. The maximum Gasteiger partial charge on any atom is 0.419 e. The van der Waals surface area contributed by atoms with E-state index in [1.165, 1.54) is 30.7 Å². The van der Waals surface area contributed by atoms with Crippen molar-refractivity contribution < 1.29 is 17.9 Å². The van der Waals surface area contributed by atoms with Crippen LogP contribution in [0.25, 0.3) is 0 Å². The lowest BCUT2D eigenvalue weighted by atomic mass is 9.84. The van der Waals surface area contributed by atoms with Crippen molar-refractivity contribution in [3.8, 4) is 5.75 Å². The molecule has 1 spiro atoms. The van der Waals surface area contributed by atoms with E-state index in [1.807, 2.05) is 12.1 Å². The van der Waals surface area contributed by atoms with Gasteiger partial charge >= 0.3 is 6.18 Å². The van der Waals surface area contributed by atoms with E-state index in [-0.39, 0.29) is 17.9 Å². The first-order valence-corrected chi connectivity index (χ1v) is 10.8. The predicted octanol–water partition coefficient (Wildman–Crippen LogP) is 5.87. The minimum atomic E-state index is -4.40. The average Bonchev–Trinajstić information content (AvgIpc) is 3.13.